The Hall–Kier alpha value is -2.08. The van der Waals surface area contributed by atoms with E-state index in [9.17, 15) is 9.59 Å². The number of nitrogen functional groups attached to an aromatic ring is 1. The largest absolute Gasteiger partial charge is 0.397 e. The predicted octanol–water partition coefficient (Wildman–Crippen LogP) is 0.972. The summed E-state index contributed by atoms with van der Waals surface area (Å²) in [6.45, 7) is 5.97. The van der Waals surface area contributed by atoms with Crippen LogP contribution in [-0.4, -0.2) is 42.9 Å². The molecule has 4 N–H and O–H groups in total. The maximum atomic E-state index is 12.0. The van der Waals surface area contributed by atoms with Gasteiger partial charge in [-0.1, -0.05) is 12.1 Å². The van der Waals surface area contributed by atoms with Gasteiger partial charge < -0.3 is 16.4 Å². The summed E-state index contributed by atoms with van der Waals surface area (Å²) in [7, 11) is 1.72. The molecular formula is C15H24N4O2. The van der Waals surface area contributed by atoms with Gasteiger partial charge in [0.2, 0.25) is 11.8 Å². The second-order valence-corrected chi connectivity index (χ2v) is 5.48. The Bertz CT molecular complexity index is 494. The summed E-state index contributed by atoms with van der Waals surface area (Å²) in [6, 6.07) is 5.54. The monoisotopic (exact) mass is 292 g/mol. The first-order valence-corrected chi connectivity index (χ1v) is 6.92. The summed E-state index contributed by atoms with van der Waals surface area (Å²) >= 11 is 0. The quantitative estimate of drug-likeness (QED) is 0.682. The summed E-state index contributed by atoms with van der Waals surface area (Å²) in [6.07, 6.45) is 0. The fourth-order valence-electron chi connectivity index (χ4n) is 1.95. The number of nitrogens with one attached hydrogen (secondary N) is 2. The molecule has 21 heavy (non-hydrogen) atoms. The average molecular weight is 292 g/mol. The van der Waals surface area contributed by atoms with E-state index >= 15 is 0 Å². The van der Waals surface area contributed by atoms with Crippen LogP contribution >= 0.6 is 0 Å². The Morgan fingerprint density at radius 3 is 2.43 bits per heavy atom. The van der Waals surface area contributed by atoms with Crippen LogP contribution in [0.1, 0.15) is 19.4 Å². The maximum Gasteiger partial charge on any atom is 0.238 e. The molecule has 6 nitrogen and oxygen atoms in total. The number of hydrogen-bond donors (Lipinski definition) is 3. The number of hydrogen-bond acceptors (Lipinski definition) is 4. The number of para-hydroxylation sites is 1. The molecule has 0 fully saturated rings. The van der Waals surface area contributed by atoms with Crippen LogP contribution < -0.4 is 16.4 Å². The smallest absolute Gasteiger partial charge is 0.238 e. The van der Waals surface area contributed by atoms with Crippen LogP contribution in [0.15, 0.2) is 18.2 Å². The van der Waals surface area contributed by atoms with E-state index in [1.807, 2.05) is 32.9 Å². The molecule has 116 valence electrons. The fraction of sp³-hybridized carbons (Fsp3) is 0.467. The lowest BCUT2D eigenvalue weighted by molar-refractivity contribution is -0.123. The summed E-state index contributed by atoms with van der Waals surface area (Å²) in [5.74, 6) is -0.299. The van der Waals surface area contributed by atoms with E-state index in [0.717, 1.165) is 5.56 Å². The van der Waals surface area contributed by atoms with Gasteiger partial charge in [-0.25, -0.2) is 0 Å². The number of carbonyl (C=O) groups excluding carboxylic acids is 2. The second-order valence-electron chi connectivity index (χ2n) is 5.48. The molecule has 0 spiro atoms. The molecule has 0 saturated carbocycles. The van der Waals surface area contributed by atoms with Crippen LogP contribution in [0.4, 0.5) is 11.4 Å². The van der Waals surface area contributed by atoms with Gasteiger partial charge >= 0.3 is 0 Å². The Kier molecular flexibility index (Phi) is 6.17. The van der Waals surface area contributed by atoms with Crippen LogP contribution in [-0.2, 0) is 9.59 Å². The highest BCUT2D eigenvalue weighted by Gasteiger charge is 2.13. The van der Waals surface area contributed by atoms with Crippen molar-refractivity contribution in [2.75, 3.05) is 31.2 Å². The maximum absolute atomic E-state index is 12.0. The molecule has 0 atom stereocenters. The molecule has 0 aromatic heterocycles. The van der Waals surface area contributed by atoms with Crippen molar-refractivity contribution in [1.29, 1.82) is 0 Å². The predicted molar refractivity (Wildman–Crippen MR) is 85.0 cm³/mol. The molecule has 0 aliphatic rings. The van der Waals surface area contributed by atoms with Crippen molar-refractivity contribution in [3.63, 3.8) is 0 Å². The van der Waals surface area contributed by atoms with E-state index in [4.69, 9.17) is 5.73 Å². The molecule has 1 aromatic rings. The minimum Gasteiger partial charge on any atom is -0.397 e. The molecule has 0 heterocycles. The van der Waals surface area contributed by atoms with Gasteiger partial charge in [-0.2, -0.15) is 0 Å². The molecule has 0 aliphatic carbocycles. The minimum absolute atomic E-state index is 0.0893. The SMILES string of the molecule is Cc1cccc(N)c1NC(=O)CN(C)CC(=O)NC(C)C. The van der Waals surface area contributed by atoms with Crippen molar-refractivity contribution < 1.29 is 9.59 Å². The van der Waals surface area contributed by atoms with Crippen LogP contribution in [0, 0.1) is 6.92 Å². The van der Waals surface area contributed by atoms with Gasteiger partial charge in [-0.15, -0.1) is 0 Å². The van der Waals surface area contributed by atoms with Gasteiger partial charge in [0.25, 0.3) is 0 Å². The Labute approximate surface area is 125 Å². The van der Waals surface area contributed by atoms with Crippen LogP contribution in [0.2, 0.25) is 0 Å². The van der Waals surface area contributed by atoms with Crippen molar-refractivity contribution >= 4 is 23.2 Å². The molecule has 0 aliphatic heterocycles. The van der Waals surface area contributed by atoms with Crippen molar-refractivity contribution in [3.8, 4) is 0 Å². The number of nitrogens with two attached hydrogens (primary N) is 1. The molecule has 0 unspecified atom stereocenters. The molecule has 0 saturated heterocycles. The van der Waals surface area contributed by atoms with Gasteiger partial charge in [0.1, 0.15) is 0 Å². The first-order chi connectivity index (χ1) is 9.79. The number of carbonyl (C=O) groups is 2. The number of aryl methyl sites for hydroxylation is 1. The molecule has 1 aromatic carbocycles. The van der Waals surface area contributed by atoms with Crippen LogP contribution in [0.3, 0.4) is 0 Å². The third-order valence-corrected chi connectivity index (χ3v) is 2.85. The zero-order valence-electron chi connectivity index (χ0n) is 13.1. The van der Waals surface area contributed by atoms with Gasteiger partial charge in [0.15, 0.2) is 0 Å². The Morgan fingerprint density at radius 2 is 1.86 bits per heavy atom. The summed E-state index contributed by atoms with van der Waals surface area (Å²) in [5, 5.41) is 5.57. The zero-order chi connectivity index (χ0) is 16.0. The third-order valence-electron chi connectivity index (χ3n) is 2.85. The first kappa shape index (κ1) is 17.0. The van der Waals surface area contributed by atoms with E-state index in [2.05, 4.69) is 10.6 Å². The number of nitrogens with zero attached hydrogens (tertiary/aromatic N) is 1. The number of anilines is 2. The molecule has 1 rings (SSSR count). The van der Waals surface area contributed by atoms with Crippen molar-refractivity contribution in [1.82, 2.24) is 10.2 Å². The first-order valence-electron chi connectivity index (χ1n) is 6.92. The second kappa shape index (κ2) is 7.64. The number of likely N-dealkylation sites (N-methyl/N-ethyl adjacent to an activating group) is 1. The molecule has 0 radical (unpaired) electrons. The number of rotatable bonds is 6. The lowest BCUT2D eigenvalue weighted by Crippen LogP contribution is -2.41. The van der Waals surface area contributed by atoms with Gasteiger partial charge in [0.05, 0.1) is 24.5 Å². The average Bonchev–Trinajstić information content (AvgIpc) is 2.32. The van der Waals surface area contributed by atoms with Crippen molar-refractivity contribution in [2.45, 2.75) is 26.8 Å². The zero-order valence-corrected chi connectivity index (χ0v) is 13.1. The highest BCUT2D eigenvalue weighted by atomic mass is 16.2. The van der Waals surface area contributed by atoms with Gasteiger partial charge in [0, 0.05) is 6.04 Å². The van der Waals surface area contributed by atoms with E-state index in [1.54, 1.807) is 18.0 Å². The minimum atomic E-state index is -0.198. The normalized spacial score (nSPS) is 10.8. The molecular weight excluding hydrogens is 268 g/mol. The Balaban J connectivity index is 2.52. The standard InChI is InChI=1S/C15H24N4O2/c1-10(2)17-13(20)8-19(4)9-14(21)18-15-11(3)6-5-7-12(15)16/h5-7,10H,8-9,16H2,1-4H3,(H,17,20)(H,18,21). The topological polar surface area (TPSA) is 87.5 Å². The Morgan fingerprint density at radius 1 is 1.24 bits per heavy atom. The molecule has 6 heteroatoms. The van der Waals surface area contributed by atoms with E-state index < -0.39 is 0 Å². The van der Waals surface area contributed by atoms with E-state index in [-0.39, 0.29) is 30.9 Å². The molecule has 2 amide bonds. The van der Waals surface area contributed by atoms with Gasteiger partial charge in [-0.3, -0.25) is 14.5 Å². The van der Waals surface area contributed by atoms with Gasteiger partial charge in [-0.05, 0) is 39.4 Å². The highest BCUT2D eigenvalue weighted by molar-refractivity contribution is 5.96. The summed E-state index contributed by atoms with van der Waals surface area (Å²) in [5.41, 5.74) is 7.91. The van der Waals surface area contributed by atoms with Crippen molar-refractivity contribution in [3.05, 3.63) is 23.8 Å². The highest BCUT2D eigenvalue weighted by Crippen LogP contribution is 2.22. The summed E-state index contributed by atoms with van der Waals surface area (Å²) in [4.78, 5) is 25.3. The lowest BCUT2D eigenvalue weighted by Gasteiger charge is -2.18. The van der Waals surface area contributed by atoms with Crippen LogP contribution in [0.25, 0.3) is 0 Å². The third kappa shape index (κ3) is 5.83. The lowest BCUT2D eigenvalue weighted by atomic mass is 10.1. The van der Waals surface area contributed by atoms with Crippen LogP contribution in [0.5, 0.6) is 0 Å². The summed E-state index contributed by atoms with van der Waals surface area (Å²) < 4.78 is 0. The number of amides is 2. The molecule has 0 bridgehead atoms. The fourth-order valence-corrected chi connectivity index (χ4v) is 1.95. The van der Waals surface area contributed by atoms with E-state index in [0.29, 0.717) is 11.4 Å². The van der Waals surface area contributed by atoms with E-state index in [1.165, 1.54) is 0 Å². The number of benzene rings is 1. The van der Waals surface area contributed by atoms with Crippen molar-refractivity contribution in [2.24, 2.45) is 0 Å².